The van der Waals surface area contributed by atoms with Crippen molar-refractivity contribution in [3.63, 3.8) is 0 Å². The summed E-state index contributed by atoms with van der Waals surface area (Å²) in [6.07, 6.45) is 1.22. The van der Waals surface area contributed by atoms with Gasteiger partial charge >= 0.3 is 5.97 Å². The Kier molecular flexibility index (Phi) is 3.78. The molecule has 7 heteroatoms. The third kappa shape index (κ3) is 2.78. The minimum absolute atomic E-state index is 0.0135. The summed E-state index contributed by atoms with van der Waals surface area (Å²) in [6.45, 7) is 2.41. The van der Waals surface area contributed by atoms with Gasteiger partial charge in [0.1, 0.15) is 31.7 Å². The fourth-order valence-corrected chi connectivity index (χ4v) is 2.12. The van der Waals surface area contributed by atoms with Gasteiger partial charge in [0, 0.05) is 11.8 Å². The highest BCUT2D eigenvalue weighted by Gasteiger charge is 2.17. The van der Waals surface area contributed by atoms with Crippen molar-refractivity contribution >= 4 is 11.6 Å². The number of rotatable bonds is 3. The molecular weight excluding hydrogens is 288 g/mol. The summed E-state index contributed by atoms with van der Waals surface area (Å²) in [5.41, 5.74) is 1.46. The van der Waals surface area contributed by atoms with Crippen molar-refractivity contribution in [2.45, 2.75) is 13.5 Å². The Hall–Kier alpha value is -2.83. The lowest BCUT2D eigenvalue weighted by atomic mass is 10.3. The molecule has 0 unspecified atom stereocenters. The molecule has 0 saturated heterocycles. The van der Waals surface area contributed by atoms with E-state index in [1.54, 1.807) is 6.07 Å². The molecule has 7 nitrogen and oxygen atoms in total. The number of nitrogens with zero attached hydrogens (tertiary/aromatic N) is 2. The van der Waals surface area contributed by atoms with Crippen LogP contribution >= 0.6 is 0 Å². The highest BCUT2D eigenvalue weighted by Crippen LogP contribution is 2.09. The molecule has 2 aromatic heterocycles. The number of esters is 1. The predicted molar refractivity (Wildman–Crippen MR) is 76.0 cm³/mol. The fourth-order valence-electron chi connectivity index (χ4n) is 2.12. The summed E-state index contributed by atoms with van der Waals surface area (Å²) >= 11 is 0. The third-order valence-electron chi connectivity index (χ3n) is 3.13. The molecule has 0 aromatic carbocycles. The lowest BCUT2D eigenvalue weighted by Crippen LogP contribution is -2.20. The van der Waals surface area contributed by atoms with Crippen molar-refractivity contribution in [1.82, 2.24) is 9.38 Å². The Morgan fingerprint density at radius 3 is 3.05 bits per heavy atom. The van der Waals surface area contributed by atoms with Gasteiger partial charge in [0.2, 0.25) is 5.76 Å². The molecule has 0 spiro atoms. The van der Waals surface area contributed by atoms with Gasteiger partial charge in [-0.2, -0.15) is 0 Å². The molecule has 1 aliphatic rings. The number of aryl methyl sites for hydroxylation is 1. The van der Waals surface area contributed by atoms with E-state index in [-0.39, 0.29) is 17.9 Å². The summed E-state index contributed by atoms with van der Waals surface area (Å²) in [6, 6.07) is 6.70. The van der Waals surface area contributed by atoms with Gasteiger partial charge in [0.05, 0.1) is 5.69 Å². The number of fused-ring (bicyclic) bond motifs is 1. The van der Waals surface area contributed by atoms with Gasteiger partial charge in [-0.3, -0.25) is 9.20 Å². The van der Waals surface area contributed by atoms with Crippen LogP contribution in [0.3, 0.4) is 0 Å². The second kappa shape index (κ2) is 5.88. The van der Waals surface area contributed by atoms with Gasteiger partial charge in [-0.1, -0.05) is 6.07 Å². The molecule has 1 aliphatic heterocycles. The van der Waals surface area contributed by atoms with Crippen LogP contribution < -0.4 is 5.56 Å². The lowest BCUT2D eigenvalue weighted by Gasteiger charge is -2.14. The maximum atomic E-state index is 12.1. The quantitative estimate of drug-likeness (QED) is 0.785. The number of aromatic nitrogens is 2. The zero-order chi connectivity index (χ0) is 15.5. The number of hydrogen-bond donors (Lipinski definition) is 0. The van der Waals surface area contributed by atoms with E-state index in [9.17, 15) is 9.59 Å². The summed E-state index contributed by atoms with van der Waals surface area (Å²) in [4.78, 5) is 28.2. The van der Waals surface area contributed by atoms with Crippen molar-refractivity contribution in [2.75, 3.05) is 13.2 Å². The lowest BCUT2D eigenvalue weighted by molar-refractivity contribution is -0.146. The van der Waals surface area contributed by atoms with Gasteiger partial charge in [-0.25, -0.2) is 9.78 Å². The summed E-state index contributed by atoms with van der Waals surface area (Å²) in [7, 11) is 0. The van der Waals surface area contributed by atoms with E-state index in [4.69, 9.17) is 14.2 Å². The average Bonchev–Trinajstić information content (AvgIpc) is 2.53. The molecule has 0 N–H and O–H groups in total. The van der Waals surface area contributed by atoms with Crippen LogP contribution in [0.15, 0.2) is 41.1 Å². The van der Waals surface area contributed by atoms with Crippen molar-refractivity contribution in [3.8, 4) is 0 Å². The minimum Gasteiger partial charge on any atom is -0.493 e. The van der Waals surface area contributed by atoms with Gasteiger partial charge in [0.25, 0.3) is 5.56 Å². The SMILES string of the molecule is Cc1cccc2nc(COC(=O)C3=COCCO3)cc(=O)n12. The average molecular weight is 302 g/mol. The smallest absolute Gasteiger partial charge is 0.377 e. The van der Waals surface area contributed by atoms with E-state index < -0.39 is 5.97 Å². The van der Waals surface area contributed by atoms with Crippen LogP contribution in [0.4, 0.5) is 0 Å². The van der Waals surface area contributed by atoms with E-state index in [1.165, 1.54) is 16.7 Å². The summed E-state index contributed by atoms with van der Waals surface area (Å²) < 4.78 is 16.7. The van der Waals surface area contributed by atoms with E-state index in [0.29, 0.717) is 24.6 Å². The van der Waals surface area contributed by atoms with E-state index in [2.05, 4.69) is 4.98 Å². The van der Waals surface area contributed by atoms with Crippen LogP contribution in [0.2, 0.25) is 0 Å². The third-order valence-corrected chi connectivity index (χ3v) is 3.13. The first-order valence-electron chi connectivity index (χ1n) is 6.75. The fraction of sp³-hybridized carbons (Fsp3) is 0.267. The number of carbonyl (C=O) groups excluding carboxylic acids is 1. The highest BCUT2D eigenvalue weighted by molar-refractivity contribution is 5.86. The van der Waals surface area contributed by atoms with E-state index >= 15 is 0 Å². The largest absolute Gasteiger partial charge is 0.493 e. The molecule has 0 atom stereocenters. The molecule has 22 heavy (non-hydrogen) atoms. The topological polar surface area (TPSA) is 79.1 Å². The minimum atomic E-state index is -0.647. The number of carbonyl (C=O) groups is 1. The van der Waals surface area contributed by atoms with Crippen LogP contribution in [0.25, 0.3) is 5.65 Å². The zero-order valence-corrected chi connectivity index (χ0v) is 11.9. The van der Waals surface area contributed by atoms with Crippen molar-refractivity contribution in [2.24, 2.45) is 0 Å². The molecule has 0 saturated carbocycles. The van der Waals surface area contributed by atoms with E-state index in [1.807, 2.05) is 19.1 Å². The molecule has 3 heterocycles. The Morgan fingerprint density at radius 1 is 1.41 bits per heavy atom. The molecule has 0 aliphatic carbocycles. The van der Waals surface area contributed by atoms with E-state index in [0.717, 1.165) is 5.69 Å². The number of ether oxygens (including phenoxy) is 3. The first kappa shape index (κ1) is 14.1. The molecular formula is C15H14N2O5. The van der Waals surface area contributed by atoms with Crippen LogP contribution in [0.1, 0.15) is 11.4 Å². The van der Waals surface area contributed by atoms with Gasteiger partial charge < -0.3 is 14.2 Å². The number of pyridine rings is 1. The summed E-state index contributed by atoms with van der Waals surface area (Å²) in [5, 5.41) is 0. The Balaban J connectivity index is 1.78. The molecule has 0 bridgehead atoms. The molecule has 3 rings (SSSR count). The maximum absolute atomic E-state index is 12.1. The van der Waals surface area contributed by atoms with Crippen LogP contribution in [0.5, 0.6) is 0 Å². The zero-order valence-electron chi connectivity index (χ0n) is 11.9. The first-order chi connectivity index (χ1) is 10.6. The number of hydrogen-bond acceptors (Lipinski definition) is 6. The second-order valence-electron chi connectivity index (χ2n) is 4.72. The molecule has 114 valence electrons. The monoisotopic (exact) mass is 302 g/mol. The second-order valence-corrected chi connectivity index (χ2v) is 4.72. The van der Waals surface area contributed by atoms with Crippen LogP contribution in [0, 0.1) is 6.92 Å². The molecule has 0 fully saturated rings. The first-order valence-corrected chi connectivity index (χ1v) is 6.75. The van der Waals surface area contributed by atoms with Crippen molar-refractivity contribution in [1.29, 1.82) is 0 Å². The molecule has 2 aromatic rings. The summed E-state index contributed by atoms with van der Waals surface area (Å²) in [5.74, 6) is -0.634. The van der Waals surface area contributed by atoms with Gasteiger partial charge in [-0.15, -0.1) is 0 Å². The molecule has 0 radical (unpaired) electrons. The molecule has 0 amide bonds. The van der Waals surface area contributed by atoms with Crippen LogP contribution in [-0.2, 0) is 25.6 Å². The predicted octanol–water partition coefficient (Wildman–Crippen LogP) is 0.934. The van der Waals surface area contributed by atoms with Crippen molar-refractivity contribution in [3.05, 3.63) is 58.0 Å². The maximum Gasteiger partial charge on any atom is 0.377 e. The Labute approximate surface area is 125 Å². The van der Waals surface area contributed by atoms with Gasteiger partial charge in [0.15, 0.2) is 0 Å². The Bertz CT molecular complexity index is 809. The Morgan fingerprint density at radius 2 is 2.27 bits per heavy atom. The van der Waals surface area contributed by atoms with Crippen LogP contribution in [-0.4, -0.2) is 28.6 Å². The highest BCUT2D eigenvalue weighted by atomic mass is 16.6. The van der Waals surface area contributed by atoms with Gasteiger partial charge in [-0.05, 0) is 19.1 Å². The standard InChI is InChI=1S/C15H14N2O5/c1-10-3-2-4-13-16-11(7-14(18)17(10)13)8-22-15(19)12-9-20-5-6-21-12/h2-4,7,9H,5-6,8H2,1H3. The normalized spacial score (nSPS) is 14.0. The van der Waals surface area contributed by atoms with Crippen molar-refractivity contribution < 1.29 is 19.0 Å².